The minimum Gasteiger partial charge on any atom is -0.454 e. The zero-order valence-electron chi connectivity index (χ0n) is 15.1. The Morgan fingerprint density at radius 3 is 2.30 bits per heavy atom. The highest BCUT2D eigenvalue weighted by atomic mass is 35.5. The van der Waals surface area contributed by atoms with Crippen LogP contribution in [-0.4, -0.2) is 45.0 Å². The van der Waals surface area contributed by atoms with Crippen LogP contribution in [0, 0.1) is 0 Å². The zero-order valence-corrected chi connectivity index (χ0v) is 16.7. The van der Waals surface area contributed by atoms with Gasteiger partial charge < -0.3 is 10.1 Å². The molecule has 1 aromatic carbocycles. The number of hydrogen-bond acceptors (Lipinski definition) is 6. The Morgan fingerprint density at radius 1 is 1.15 bits per heavy atom. The number of sulfonamides is 1. The van der Waals surface area contributed by atoms with E-state index in [4.69, 9.17) is 16.3 Å². The molecule has 0 radical (unpaired) electrons. The summed E-state index contributed by atoms with van der Waals surface area (Å²) in [6, 6.07) is 3.29. The first-order valence-corrected chi connectivity index (χ1v) is 9.96. The second kappa shape index (κ2) is 10.2. The van der Waals surface area contributed by atoms with Crippen molar-refractivity contribution in [2.45, 2.75) is 44.2 Å². The lowest BCUT2D eigenvalue weighted by atomic mass is 10.3. The maximum atomic E-state index is 12.2. The van der Waals surface area contributed by atoms with E-state index >= 15 is 0 Å². The monoisotopic (exact) mass is 419 g/mol. The fourth-order valence-electron chi connectivity index (χ4n) is 1.75. The van der Waals surface area contributed by atoms with Gasteiger partial charge in [-0.05, 0) is 44.5 Å². The molecule has 9 nitrogen and oxygen atoms in total. The first-order valence-electron chi connectivity index (χ1n) is 8.10. The summed E-state index contributed by atoms with van der Waals surface area (Å²) in [5, 5.41) is 4.88. The van der Waals surface area contributed by atoms with Crippen LogP contribution in [0.5, 0.6) is 0 Å². The Balaban J connectivity index is 2.51. The largest absolute Gasteiger partial charge is 0.454 e. The number of imide groups is 1. The first-order chi connectivity index (χ1) is 12.5. The zero-order chi connectivity index (χ0) is 20.6. The molecule has 150 valence electrons. The molecule has 0 spiro atoms. The molecule has 0 heterocycles. The summed E-state index contributed by atoms with van der Waals surface area (Å²) in [5.41, 5.74) is 0. The fourth-order valence-corrected chi connectivity index (χ4v) is 3.07. The summed E-state index contributed by atoms with van der Waals surface area (Å²) < 4.78 is 31.2. The van der Waals surface area contributed by atoms with Gasteiger partial charge in [-0.15, -0.1) is 0 Å². The number of esters is 1. The summed E-state index contributed by atoms with van der Waals surface area (Å²) in [6.07, 6.45) is 0.682. The van der Waals surface area contributed by atoms with Crippen LogP contribution >= 0.6 is 11.6 Å². The standard InChI is InChI=1S/C16H22ClN3O6S/c1-4-10(2)18-16(23)19-14(21)9-26-15(22)11(3)20-27(24,25)13-7-5-12(17)6-8-13/h5-8,10-11,20H,4,9H2,1-3H3,(H2,18,19,21,23)/t10-,11-/m0/s1. The molecule has 0 bridgehead atoms. The van der Waals surface area contributed by atoms with Gasteiger partial charge >= 0.3 is 12.0 Å². The van der Waals surface area contributed by atoms with Gasteiger partial charge in [0.1, 0.15) is 6.04 Å². The average Bonchev–Trinajstić information content (AvgIpc) is 2.59. The highest BCUT2D eigenvalue weighted by molar-refractivity contribution is 7.89. The van der Waals surface area contributed by atoms with Gasteiger partial charge in [-0.25, -0.2) is 13.2 Å². The van der Waals surface area contributed by atoms with Gasteiger partial charge in [-0.2, -0.15) is 4.72 Å². The molecule has 3 N–H and O–H groups in total. The molecule has 0 aliphatic carbocycles. The molecule has 0 saturated heterocycles. The van der Waals surface area contributed by atoms with Gasteiger partial charge in [0.15, 0.2) is 6.61 Å². The van der Waals surface area contributed by atoms with Crippen LogP contribution in [-0.2, 0) is 24.3 Å². The molecule has 2 atom stereocenters. The van der Waals surface area contributed by atoms with Gasteiger partial charge in [0.2, 0.25) is 10.0 Å². The van der Waals surface area contributed by atoms with Gasteiger partial charge in [0.25, 0.3) is 5.91 Å². The summed E-state index contributed by atoms with van der Waals surface area (Å²) in [7, 11) is -3.97. The molecule has 0 aliphatic rings. The Bertz CT molecular complexity index is 782. The second-order valence-electron chi connectivity index (χ2n) is 5.74. The van der Waals surface area contributed by atoms with E-state index in [-0.39, 0.29) is 10.9 Å². The number of urea groups is 1. The number of amides is 3. The van der Waals surface area contributed by atoms with Crippen molar-refractivity contribution in [1.29, 1.82) is 0 Å². The Hall–Kier alpha value is -2.17. The molecule has 1 aromatic rings. The summed E-state index contributed by atoms with van der Waals surface area (Å²) in [4.78, 5) is 34.9. The number of benzene rings is 1. The van der Waals surface area contributed by atoms with Gasteiger partial charge in [0.05, 0.1) is 4.90 Å². The first kappa shape index (κ1) is 22.9. The summed E-state index contributed by atoms with van der Waals surface area (Å²) >= 11 is 5.71. The summed E-state index contributed by atoms with van der Waals surface area (Å²) in [5.74, 6) is -1.80. The van der Waals surface area contributed by atoms with Crippen molar-refractivity contribution < 1.29 is 27.5 Å². The Kier molecular flexibility index (Phi) is 8.67. The highest BCUT2D eigenvalue weighted by Gasteiger charge is 2.24. The lowest BCUT2D eigenvalue weighted by Gasteiger charge is -2.14. The van der Waals surface area contributed by atoms with Crippen LogP contribution in [0.1, 0.15) is 27.2 Å². The predicted molar refractivity (Wildman–Crippen MR) is 98.6 cm³/mol. The third kappa shape index (κ3) is 7.94. The molecular weight excluding hydrogens is 398 g/mol. The van der Waals surface area contributed by atoms with Crippen LogP contribution in [0.3, 0.4) is 0 Å². The number of nitrogens with one attached hydrogen (secondary N) is 3. The fraction of sp³-hybridized carbons (Fsp3) is 0.438. The van der Waals surface area contributed by atoms with E-state index in [1.807, 2.05) is 12.2 Å². The van der Waals surface area contributed by atoms with Crippen molar-refractivity contribution in [2.24, 2.45) is 0 Å². The molecule has 0 saturated carbocycles. The van der Waals surface area contributed by atoms with E-state index < -0.39 is 40.6 Å². The maximum Gasteiger partial charge on any atom is 0.324 e. The summed E-state index contributed by atoms with van der Waals surface area (Å²) in [6.45, 7) is 4.17. The minimum atomic E-state index is -3.97. The van der Waals surface area contributed by atoms with E-state index in [0.717, 1.165) is 0 Å². The molecule has 11 heteroatoms. The van der Waals surface area contributed by atoms with Crippen LogP contribution in [0.25, 0.3) is 0 Å². The van der Waals surface area contributed by atoms with E-state index in [9.17, 15) is 22.8 Å². The van der Waals surface area contributed by atoms with Gasteiger partial charge in [-0.3, -0.25) is 14.9 Å². The number of carbonyl (C=O) groups is 3. The van der Waals surface area contributed by atoms with Crippen molar-refractivity contribution in [3.63, 3.8) is 0 Å². The molecule has 27 heavy (non-hydrogen) atoms. The van der Waals surface area contributed by atoms with Crippen molar-refractivity contribution in [3.05, 3.63) is 29.3 Å². The Morgan fingerprint density at radius 2 is 1.74 bits per heavy atom. The highest BCUT2D eigenvalue weighted by Crippen LogP contribution is 2.14. The molecular formula is C16H22ClN3O6S. The molecule has 0 fully saturated rings. The average molecular weight is 420 g/mol. The van der Waals surface area contributed by atoms with Crippen molar-refractivity contribution in [3.8, 4) is 0 Å². The minimum absolute atomic E-state index is 0.0778. The number of hydrogen-bond donors (Lipinski definition) is 3. The van der Waals surface area contributed by atoms with E-state index in [0.29, 0.717) is 11.4 Å². The quantitative estimate of drug-likeness (QED) is 0.542. The topological polar surface area (TPSA) is 131 Å². The van der Waals surface area contributed by atoms with Gasteiger partial charge in [-0.1, -0.05) is 18.5 Å². The van der Waals surface area contributed by atoms with Crippen molar-refractivity contribution in [2.75, 3.05) is 6.61 Å². The molecule has 0 aliphatic heterocycles. The molecule has 0 aromatic heterocycles. The van der Waals surface area contributed by atoms with Gasteiger partial charge in [0, 0.05) is 11.1 Å². The third-order valence-electron chi connectivity index (χ3n) is 3.40. The molecule has 0 unspecified atom stereocenters. The van der Waals surface area contributed by atoms with Crippen LogP contribution < -0.4 is 15.4 Å². The van der Waals surface area contributed by atoms with E-state index in [1.54, 1.807) is 6.92 Å². The number of ether oxygens (including phenoxy) is 1. The van der Waals surface area contributed by atoms with Crippen molar-refractivity contribution in [1.82, 2.24) is 15.4 Å². The number of halogens is 1. The van der Waals surface area contributed by atoms with E-state index in [2.05, 4.69) is 10.0 Å². The van der Waals surface area contributed by atoms with Crippen LogP contribution in [0.2, 0.25) is 5.02 Å². The van der Waals surface area contributed by atoms with E-state index in [1.165, 1.54) is 31.2 Å². The Labute approximate surface area is 162 Å². The van der Waals surface area contributed by atoms with Crippen LogP contribution in [0.15, 0.2) is 29.2 Å². The third-order valence-corrected chi connectivity index (χ3v) is 5.21. The SMILES string of the molecule is CC[C@H](C)NC(=O)NC(=O)COC(=O)[C@H](C)NS(=O)(=O)c1ccc(Cl)cc1. The number of carbonyl (C=O) groups excluding carboxylic acids is 3. The second-order valence-corrected chi connectivity index (χ2v) is 7.89. The lowest BCUT2D eigenvalue weighted by molar-refractivity contribution is -0.149. The normalized spacial score (nSPS) is 13.3. The number of rotatable bonds is 8. The van der Waals surface area contributed by atoms with Crippen LogP contribution in [0.4, 0.5) is 4.79 Å². The van der Waals surface area contributed by atoms with Crippen molar-refractivity contribution >= 4 is 39.5 Å². The molecule has 1 rings (SSSR count). The molecule has 3 amide bonds. The maximum absolute atomic E-state index is 12.2. The lowest BCUT2D eigenvalue weighted by Crippen LogP contribution is -2.45. The predicted octanol–water partition coefficient (Wildman–Crippen LogP) is 1.17. The smallest absolute Gasteiger partial charge is 0.324 e.